The van der Waals surface area contributed by atoms with E-state index in [9.17, 15) is 10.2 Å². The first-order valence-electron chi connectivity index (χ1n) is 6.35. The summed E-state index contributed by atoms with van der Waals surface area (Å²) in [6, 6.07) is -0.529. The maximum atomic E-state index is 10.4. The van der Waals surface area contributed by atoms with Crippen LogP contribution >= 0.6 is 25.3 Å². The molecule has 2 heterocycles. The van der Waals surface area contributed by atoms with Crippen LogP contribution < -0.4 is 0 Å². The van der Waals surface area contributed by atoms with E-state index in [1.54, 1.807) is 0 Å². The summed E-state index contributed by atoms with van der Waals surface area (Å²) in [4.78, 5) is 1.93. The van der Waals surface area contributed by atoms with Gasteiger partial charge in [0.2, 0.25) is 0 Å². The molecule has 0 bridgehead atoms. The van der Waals surface area contributed by atoms with E-state index in [0.717, 1.165) is 0 Å². The molecule has 0 unspecified atom stereocenters. The number of aliphatic hydroxyl groups excluding tert-OH is 2. The Labute approximate surface area is 123 Å². The van der Waals surface area contributed by atoms with Crippen LogP contribution in [0.4, 0.5) is 0 Å². The van der Waals surface area contributed by atoms with Gasteiger partial charge in [-0.3, -0.25) is 4.90 Å². The molecule has 8 heteroatoms. The highest BCUT2D eigenvalue weighted by Crippen LogP contribution is 2.28. The quantitative estimate of drug-likeness (QED) is 0.487. The third-order valence-corrected chi connectivity index (χ3v) is 3.88. The van der Waals surface area contributed by atoms with Gasteiger partial charge in [-0.15, -0.1) is 0 Å². The molecule has 0 aromatic heterocycles. The molecular weight excluding hydrogens is 290 g/mol. The lowest BCUT2D eigenvalue weighted by Crippen LogP contribution is -2.66. The third-order valence-electron chi connectivity index (χ3n) is 3.48. The summed E-state index contributed by atoms with van der Waals surface area (Å²) in [6.07, 6.45) is -2.79. The van der Waals surface area contributed by atoms with E-state index < -0.39 is 30.6 Å². The molecule has 2 aliphatic rings. The highest BCUT2D eigenvalue weighted by Gasteiger charge is 2.48. The van der Waals surface area contributed by atoms with E-state index in [0.29, 0.717) is 31.2 Å². The molecule has 2 saturated heterocycles. The Hall–Kier alpha value is 0.460. The normalized spacial score (nSPS) is 39.3. The number of fused-ring (bicyclic) bond motifs is 1. The van der Waals surface area contributed by atoms with Gasteiger partial charge in [-0.25, -0.2) is 0 Å². The number of aliphatic hydroxyl groups is 2. The lowest BCUT2D eigenvalue weighted by atomic mass is 9.95. The maximum Gasteiger partial charge on any atom is 0.173 e. The van der Waals surface area contributed by atoms with Gasteiger partial charge < -0.3 is 24.4 Å². The van der Waals surface area contributed by atoms with Crippen molar-refractivity contribution in [3.63, 3.8) is 0 Å². The second kappa shape index (κ2) is 7.46. The molecule has 0 saturated carbocycles. The monoisotopic (exact) mass is 311 g/mol. The third kappa shape index (κ3) is 3.56. The fourth-order valence-electron chi connectivity index (χ4n) is 2.61. The zero-order valence-corrected chi connectivity index (χ0v) is 12.4. The van der Waals surface area contributed by atoms with Crippen molar-refractivity contribution in [2.45, 2.75) is 30.6 Å². The predicted octanol–water partition coefficient (Wildman–Crippen LogP) is -1.03. The second-order valence-corrected chi connectivity index (χ2v) is 5.54. The molecule has 2 aliphatic heterocycles. The van der Waals surface area contributed by atoms with Crippen LogP contribution in [0.15, 0.2) is 0 Å². The molecular formula is C11H21NO5S2. The van der Waals surface area contributed by atoms with Crippen molar-refractivity contribution < 1.29 is 24.4 Å². The summed E-state index contributed by atoms with van der Waals surface area (Å²) in [5, 5.41) is 20.6. The Morgan fingerprint density at radius 3 is 2.47 bits per heavy atom. The van der Waals surface area contributed by atoms with Crippen molar-refractivity contribution in [1.82, 2.24) is 4.90 Å². The molecule has 19 heavy (non-hydrogen) atoms. The van der Waals surface area contributed by atoms with Crippen LogP contribution in [0.1, 0.15) is 0 Å². The van der Waals surface area contributed by atoms with E-state index in [2.05, 4.69) is 25.3 Å². The highest BCUT2D eigenvalue weighted by molar-refractivity contribution is 7.80. The average Bonchev–Trinajstić information content (AvgIpc) is 2.39. The summed E-state index contributed by atoms with van der Waals surface area (Å²) in [5.41, 5.74) is 0. The number of rotatable bonds is 5. The number of nitrogens with zero attached hydrogens (tertiary/aromatic N) is 1. The fraction of sp³-hybridized carbons (Fsp3) is 1.00. The first-order valence-corrected chi connectivity index (χ1v) is 7.62. The summed E-state index contributed by atoms with van der Waals surface area (Å²) < 4.78 is 16.0. The Morgan fingerprint density at radius 1 is 1.16 bits per heavy atom. The van der Waals surface area contributed by atoms with Crippen LogP contribution in [0, 0.1) is 0 Å². The molecule has 0 radical (unpaired) electrons. The molecule has 0 aliphatic carbocycles. The topological polar surface area (TPSA) is 71.4 Å². The van der Waals surface area contributed by atoms with E-state index in [1.165, 1.54) is 0 Å². The van der Waals surface area contributed by atoms with Crippen molar-refractivity contribution in [1.29, 1.82) is 0 Å². The Kier molecular flexibility index (Phi) is 6.22. The van der Waals surface area contributed by atoms with Crippen molar-refractivity contribution in [2.75, 3.05) is 38.0 Å². The van der Waals surface area contributed by atoms with E-state index in [-0.39, 0.29) is 6.79 Å². The number of ether oxygens (including phenoxy) is 3. The number of hydrogen-bond donors (Lipinski definition) is 4. The average molecular weight is 311 g/mol. The minimum absolute atomic E-state index is 0.142. The molecule has 2 N–H and O–H groups in total. The minimum Gasteiger partial charge on any atom is -0.388 e. The van der Waals surface area contributed by atoms with Crippen molar-refractivity contribution >= 4 is 25.3 Å². The van der Waals surface area contributed by atoms with Crippen LogP contribution in [0.5, 0.6) is 0 Å². The SMILES string of the molecule is O[C@@H]1[C@@H]2OCOC[C@H]2O[C@H](O)[C@H]1N(CCS)CCS. The van der Waals surface area contributed by atoms with Crippen molar-refractivity contribution in [3.05, 3.63) is 0 Å². The van der Waals surface area contributed by atoms with Gasteiger partial charge in [-0.1, -0.05) is 0 Å². The Balaban J connectivity index is 2.09. The zero-order chi connectivity index (χ0) is 13.8. The smallest absolute Gasteiger partial charge is 0.173 e. The Bertz CT molecular complexity index is 280. The van der Waals surface area contributed by atoms with E-state index in [1.807, 2.05) is 4.90 Å². The number of thiol groups is 2. The Morgan fingerprint density at radius 2 is 1.84 bits per heavy atom. The molecule has 2 rings (SSSR count). The van der Waals surface area contributed by atoms with Gasteiger partial charge in [0.25, 0.3) is 0 Å². The van der Waals surface area contributed by atoms with Crippen molar-refractivity contribution in [3.8, 4) is 0 Å². The van der Waals surface area contributed by atoms with Gasteiger partial charge in [0.15, 0.2) is 6.29 Å². The molecule has 0 aromatic rings. The van der Waals surface area contributed by atoms with Crippen LogP contribution in [-0.2, 0) is 14.2 Å². The lowest BCUT2D eigenvalue weighted by Gasteiger charge is -2.48. The summed E-state index contributed by atoms with van der Waals surface area (Å²) >= 11 is 8.40. The first-order chi connectivity index (χ1) is 9.19. The largest absolute Gasteiger partial charge is 0.388 e. The number of hydrogen-bond acceptors (Lipinski definition) is 8. The molecule has 112 valence electrons. The van der Waals surface area contributed by atoms with E-state index in [4.69, 9.17) is 14.2 Å². The predicted molar refractivity (Wildman–Crippen MR) is 75.6 cm³/mol. The fourth-order valence-corrected chi connectivity index (χ4v) is 3.13. The minimum atomic E-state index is -1.07. The van der Waals surface area contributed by atoms with Gasteiger partial charge in [0.1, 0.15) is 25.1 Å². The zero-order valence-electron chi connectivity index (χ0n) is 10.6. The standard InChI is InChI=1S/C11H21NO5S2/c13-9-8(12(1-3-18)2-4-19)11(14)17-7-5-15-6-16-10(7)9/h7-11,13-14,18-19H,1-6H2/t7-,8+,9+,10-,11+/m1/s1. The summed E-state index contributed by atoms with van der Waals surface area (Å²) in [6.45, 7) is 1.74. The van der Waals surface area contributed by atoms with Gasteiger partial charge in [0, 0.05) is 24.6 Å². The van der Waals surface area contributed by atoms with Crippen LogP contribution in [0.2, 0.25) is 0 Å². The van der Waals surface area contributed by atoms with Gasteiger partial charge in [0.05, 0.1) is 12.6 Å². The molecule has 2 fully saturated rings. The van der Waals surface area contributed by atoms with Crippen LogP contribution in [-0.4, -0.2) is 83.8 Å². The highest BCUT2D eigenvalue weighted by atomic mass is 32.1. The van der Waals surface area contributed by atoms with Crippen LogP contribution in [0.3, 0.4) is 0 Å². The van der Waals surface area contributed by atoms with E-state index >= 15 is 0 Å². The second-order valence-electron chi connectivity index (χ2n) is 4.65. The van der Waals surface area contributed by atoms with Gasteiger partial charge >= 0.3 is 0 Å². The van der Waals surface area contributed by atoms with Crippen LogP contribution in [0.25, 0.3) is 0 Å². The molecule has 5 atom stereocenters. The van der Waals surface area contributed by atoms with Gasteiger partial charge in [-0.2, -0.15) is 25.3 Å². The van der Waals surface area contributed by atoms with Gasteiger partial charge in [-0.05, 0) is 0 Å². The summed E-state index contributed by atoms with van der Waals surface area (Å²) in [7, 11) is 0. The maximum absolute atomic E-state index is 10.4. The first kappa shape index (κ1) is 15.8. The molecule has 0 spiro atoms. The molecule has 0 aromatic carbocycles. The lowest BCUT2D eigenvalue weighted by molar-refractivity contribution is -0.319. The summed E-state index contributed by atoms with van der Waals surface area (Å²) in [5.74, 6) is 1.25. The molecule has 6 nitrogen and oxygen atoms in total. The van der Waals surface area contributed by atoms with Crippen molar-refractivity contribution in [2.24, 2.45) is 0 Å². The molecule has 0 amide bonds.